The normalized spacial score (nSPS) is 19.3. The summed E-state index contributed by atoms with van der Waals surface area (Å²) in [5, 5.41) is 3.16. The van der Waals surface area contributed by atoms with Crippen LogP contribution in [0.25, 0.3) is 0 Å². The van der Waals surface area contributed by atoms with Crippen molar-refractivity contribution in [2.45, 2.75) is 33.1 Å². The van der Waals surface area contributed by atoms with E-state index in [0.29, 0.717) is 24.3 Å². The number of guanidine groups is 1. The highest BCUT2D eigenvalue weighted by atomic mass is 16.2. The number of benzene rings is 1. The third-order valence-electron chi connectivity index (χ3n) is 5.33. The Morgan fingerprint density at radius 3 is 2.38 bits per heavy atom. The Hall–Kier alpha value is -2.08. The van der Waals surface area contributed by atoms with Crippen molar-refractivity contribution >= 4 is 17.6 Å². The van der Waals surface area contributed by atoms with Gasteiger partial charge >= 0.3 is 0 Å². The number of nitrogens with two attached hydrogens (primary N) is 1. The molecule has 0 aromatic heterocycles. The largest absolute Gasteiger partial charge is 0.370 e. The van der Waals surface area contributed by atoms with Gasteiger partial charge in [-0.15, -0.1) is 0 Å². The van der Waals surface area contributed by atoms with E-state index >= 15 is 0 Å². The van der Waals surface area contributed by atoms with Gasteiger partial charge in [-0.3, -0.25) is 14.7 Å². The van der Waals surface area contributed by atoms with Crippen LogP contribution < -0.4 is 11.1 Å². The van der Waals surface area contributed by atoms with E-state index in [0.717, 1.165) is 51.3 Å². The molecule has 1 saturated carbocycles. The van der Waals surface area contributed by atoms with Crippen LogP contribution >= 0.6 is 0 Å². The van der Waals surface area contributed by atoms with Crippen LogP contribution in [0.4, 0.5) is 5.69 Å². The molecule has 3 N–H and O–H groups in total. The van der Waals surface area contributed by atoms with E-state index in [-0.39, 0.29) is 0 Å². The summed E-state index contributed by atoms with van der Waals surface area (Å²) in [6, 6.07) is 6.26. The highest BCUT2D eigenvalue weighted by molar-refractivity contribution is 5.92. The summed E-state index contributed by atoms with van der Waals surface area (Å²) in [7, 11) is 0. The second kappa shape index (κ2) is 8.54. The molecule has 6 nitrogen and oxygen atoms in total. The van der Waals surface area contributed by atoms with E-state index in [1.807, 2.05) is 4.90 Å². The molecule has 26 heavy (non-hydrogen) atoms. The number of carbonyl (C=O) groups is 1. The molecule has 1 aliphatic heterocycles. The van der Waals surface area contributed by atoms with Crippen LogP contribution in [-0.2, 0) is 4.79 Å². The van der Waals surface area contributed by atoms with E-state index in [2.05, 4.69) is 47.3 Å². The van der Waals surface area contributed by atoms with Gasteiger partial charge in [0.1, 0.15) is 0 Å². The maximum Gasteiger partial charge on any atom is 0.225 e. The lowest BCUT2D eigenvalue weighted by molar-refractivity contribution is -0.139. The maximum absolute atomic E-state index is 12.3. The Kier molecular flexibility index (Phi) is 6.14. The van der Waals surface area contributed by atoms with Crippen LogP contribution in [0.15, 0.2) is 23.2 Å². The molecular weight excluding hydrogens is 326 g/mol. The molecule has 1 heterocycles. The van der Waals surface area contributed by atoms with Crippen molar-refractivity contribution in [3.05, 3.63) is 29.3 Å². The van der Waals surface area contributed by atoms with E-state index in [1.165, 1.54) is 17.5 Å². The molecule has 0 spiro atoms. The fourth-order valence-electron chi connectivity index (χ4n) is 3.65. The van der Waals surface area contributed by atoms with Crippen LogP contribution in [0.1, 0.15) is 30.4 Å². The minimum Gasteiger partial charge on any atom is -0.370 e. The first-order chi connectivity index (χ1) is 12.5. The summed E-state index contributed by atoms with van der Waals surface area (Å²) in [4.78, 5) is 21.1. The van der Waals surface area contributed by atoms with Crippen molar-refractivity contribution in [1.82, 2.24) is 9.80 Å². The number of aryl methyl sites for hydroxylation is 2. The predicted octanol–water partition coefficient (Wildman–Crippen LogP) is 1.97. The quantitative estimate of drug-likeness (QED) is 0.624. The number of piperazine rings is 1. The molecule has 1 saturated heterocycles. The fraction of sp³-hybridized carbons (Fsp3) is 0.600. The molecule has 6 heteroatoms. The number of rotatable bonds is 5. The average molecular weight is 358 g/mol. The molecule has 1 amide bonds. The summed E-state index contributed by atoms with van der Waals surface area (Å²) >= 11 is 0. The molecular formula is C20H31N5O. The maximum atomic E-state index is 12.3. The van der Waals surface area contributed by atoms with Gasteiger partial charge in [0.05, 0.1) is 6.54 Å². The molecule has 3 rings (SSSR count). The van der Waals surface area contributed by atoms with Gasteiger partial charge in [0.15, 0.2) is 5.96 Å². The van der Waals surface area contributed by atoms with E-state index in [4.69, 9.17) is 5.73 Å². The van der Waals surface area contributed by atoms with Gasteiger partial charge in [-0.2, -0.15) is 0 Å². The number of amides is 1. The van der Waals surface area contributed by atoms with Gasteiger partial charge in [0.2, 0.25) is 5.91 Å². The monoisotopic (exact) mass is 357 g/mol. The first kappa shape index (κ1) is 18.7. The van der Waals surface area contributed by atoms with Gasteiger partial charge in [-0.25, -0.2) is 0 Å². The Balaban J connectivity index is 1.39. The summed E-state index contributed by atoms with van der Waals surface area (Å²) < 4.78 is 0. The van der Waals surface area contributed by atoms with Gasteiger partial charge < -0.3 is 16.0 Å². The molecule has 1 aromatic rings. The molecule has 2 fully saturated rings. The first-order valence-corrected chi connectivity index (χ1v) is 9.67. The summed E-state index contributed by atoms with van der Waals surface area (Å²) in [6.07, 6.45) is 3.38. The number of carbonyl (C=O) groups excluding carboxylic acids is 1. The van der Waals surface area contributed by atoms with Gasteiger partial charge in [-0.05, 0) is 49.9 Å². The lowest BCUT2D eigenvalue weighted by Gasteiger charge is -2.38. The Morgan fingerprint density at radius 2 is 1.81 bits per heavy atom. The molecule has 142 valence electrons. The third-order valence-corrected chi connectivity index (χ3v) is 5.33. The van der Waals surface area contributed by atoms with Crippen molar-refractivity contribution in [3.63, 3.8) is 0 Å². The highest BCUT2D eigenvalue weighted by Crippen LogP contribution is 2.28. The van der Waals surface area contributed by atoms with Crippen LogP contribution in [-0.4, -0.2) is 60.9 Å². The van der Waals surface area contributed by atoms with Gasteiger partial charge in [0.25, 0.3) is 0 Å². The molecule has 1 aliphatic carbocycles. The second-order valence-electron chi connectivity index (χ2n) is 7.56. The van der Waals surface area contributed by atoms with Crippen molar-refractivity contribution in [2.75, 3.05) is 44.6 Å². The van der Waals surface area contributed by atoms with Crippen molar-refractivity contribution < 1.29 is 4.79 Å². The first-order valence-electron chi connectivity index (χ1n) is 9.67. The van der Waals surface area contributed by atoms with Crippen molar-refractivity contribution in [1.29, 1.82) is 0 Å². The SMILES string of the molecule is Cc1cc(C)cc(NC(N)=NCCN2CCN(C(=O)C3CCC3)CC2)c1. The number of anilines is 1. The third kappa shape index (κ3) is 4.97. The zero-order valence-corrected chi connectivity index (χ0v) is 16.0. The Labute approximate surface area is 156 Å². The summed E-state index contributed by atoms with van der Waals surface area (Å²) in [5.74, 6) is 1.13. The number of aliphatic imine (C=N–C) groups is 1. The van der Waals surface area contributed by atoms with E-state index < -0.39 is 0 Å². The van der Waals surface area contributed by atoms with Gasteiger partial charge in [-0.1, -0.05) is 12.5 Å². The molecule has 0 radical (unpaired) electrons. The molecule has 0 atom stereocenters. The highest BCUT2D eigenvalue weighted by Gasteiger charge is 2.30. The minimum atomic E-state index is 0.308. The standard InChI is InChI=1S/C20H31N5O/c1-15-12-16(2)14-18(13-15)23-20(21)22-6-7-24-8-10-25(11-9-24)19(26)17-4-3-5-17/h12-14,17H,3-11H2,1-2H3,(H3,21,22,23). The fourth-order valence-corrected chi connectivity index (χ4v) is 3.65. The lowest BCUT2D eigenvalue weighted by atomic mass is 9.84. The van der Waals surface area contributed by atoms with E-state index in [9.17, 15) is 4.79 Å². The van der Waals surface area contributed by atoms with Crippen LogP contribution in [0.5, 0.6) is 0 Å². The average Bonchev–Trinajstić information content (AvgIpc) is 2.52. The summed E-state index contributed by atoms with van der Waals surface area (Å²) in [5.41, 5.74) is 9.39. The predicted molar refractivity (Wildman–Crippen MR) is 106 cm³/mol. The molecule has 1 aromatic carbocycles. The van der Waals surface area contributed by atoms with Gasteiger partial charge in [0, 0.05) is 44.3 Å². The lowest BCUT2D eigenvalue weighted by Crippen LogP contribution is -2.51. The molecule has 2 aliphatic rings. The zero-order valence-electron chi connectivity index (χ0n) is 16.0. The van der Waals surface area contributed by atoms with Crippen LogP contribution in [0.2, 0.25) is 0 Å². The van der Waals surface area contributed by atoms with Crippen molar-refractivity contribution in [3.8, 4) is 0 Å². The number of hydrogen-bond donors (Lipinski definition) is 2. The number of nitrogens with zero attached hydrogens (tertiary/aromatic N) is 3. The smallest absolute Gasteiger partial charge is 0.225 e. The van der Waals surface area contributed by atoms with E-state index in [1.54, 1.807) is 0 Å². The van der Waals surface area contributed by atoms with Crippen molar-refractivity contribution in [2.24, 2.45) is 16.6 Å². The Morgan fingerprint density at radius 1 is 1.15 bits per heavy atom. The number of nitrogens with one attached hydrogen (secondary N) is 1. The number of hydrogen-bond acceptors (Lipinski definition) is 3. The second-order valence-corrected chi connectivity index (χ2v) is 7.56. The minimum absolute atomic E-state index is 0.308. The molecule has 0 bridgehead atoms. The van der Waals surface area contributed by atoms with Crippen LogP contribution in [0, 0.1) is 19.8 Å². The molecule has 0 unspecified atom stereocenters. The Bertz CT molecular complexity index is 640. The zero-order chi connectivity index (χ0) is 18.5. The van der Waals surface area contributed by atoms with Crippen LogP contribution in [0.3, 0.4) is 0 Å². The summed E-state index contributed by atoms with van der Waals surface area (Å²) in [6.45, 7) is 9.23. The topological polar surface area (TPSA) is 74.0 Å².